The summed E-state index contributed by atoms with van der Waals surface area (Å²) in [6, 6.07) is 12.9. The molecule has 8 heteroatoms. The molecule has 1 heterocycles. The predicted molar refractivity (Wildman–Crippen MR) is 112 cm³/mol. The van der Waals surface area contributed by atoms with Crippen LogP contribution in [0.5, 0.6) is 0 Å². The van der Waals surface area contributed by atoms with E-state index in [9.17, 15) is 8.42 Å². The quantitative estimate of drug-likeness (QED) is 0.426. The number of benzene rings is 2. The topological polar surface area (TPSA) is 60.7 Å². The van der Waals surface area contributed by atoms with Crippen LogP contribution in [0.25, 0.3) is 10.2 Å². The zero-order valence-electron chi connectivity index (χ0n) is 15.5. The van der Waals surface area contributed by atoms with Gasteiger partial charge in [-0.2, -0.15) is 8.42 Å². The van der Waals surface area contributed by atoms with Gasteiger partial charge in [0.15, 0.2) is 0 Å². The highest BCUT2D eigenvalue weighted by Gasteiger charge is 2.15. The van der Waals surface area contributed by atoms with Crippen LogP contribution in [0.2, 0.25) is 0 Å². The number of aromatic nitrogens is 1. The van der Waals surface area contributed by atoms with E-state index in [-0.39, 0.29) is 4.90 Å². The third-order valence-corrected chi connectivity index (χ3v) is 7.23. The van der Waals surface area contributed by atoms with E-state index < -0.39 is 10.0 Å². The van der Waals surface area contributed by atoms with E-state index in [4.69, 9.17) is 4.74 Å². The minimum atomic E-state index is -3.78. The van der Waals surface area contributed by atoms with Gasteiger partial charge in [-0.3, -0.25) is 0 Å². The largest absolute Gasteiger partial charge is 0.380 e. The van der Waals surface area contributed by atoms with Gasteiger partial charge in [0.1, 0.15) is 0 Å². The summed E-state index contributed by atoms with van der Waals surface area (Å²) in [6.07, 6.45) is 2.02. The fraction of sp³-hybridized carbons (Fsp3) is 0.316. The zero-order chi connectivity index (χ0) is 19.4. The first-order valence-electron chi connectivity index (χ1n) is 8.57. The van der Waals surface area contributed by atoms with Gasteiger partial charge in [0.25, 0.3) is 10.0 Å². The van der Waals surface area contributed by atoms with Crippen molar-refractivity contribution in [2.45, 2.75) is 30.2 Å². The molecule has 0 aliphatic carbocycles. The highest BCUT2D eigenvalue weighted by molar-refractivity contribution is 7.98. The zero-order valence-corrected chi connectivity index (χ0v) is 18.0. The van der Waals surface area contributed by atoms with Crippen molar-refractivity contribution >= 4 is 43.3 Å². The van der Waals surface area contributed by atoms with E-state index in [1.807, 2.05) is 36.8 Å². The number of aryl methyl sites for hydroxylation is 1. The third-order valence-electron chi connectivity index (χ3n) is 4.07. The van der Waals surface area contributed by atoms with Gasteiger partial charge >= 0.3 is 0 Å². The first-order chi connectivity index (χ1) is 12.9. The number of ether oxygens (including phenoxy) is 1. The molecule has 0 amide bonds. The fourth-order valence-electron chi connectivity index (χ4n) is 2.63. The van der Waals surface area contributed by atoms with Crippen molar-refractivity contribution in [3.05, 3.63) is 52.8 Å². The van der Waals surface area contributed by atoms with Gasteiger partial charge in [-0.1, -0.05) is 29.0 Å². The monoisotopic (exact) mass is 422 g/mol. The fourth-order valence-corrected chi connectivity index (χ4v) is 5.45. The average Bonchev–Trinajstić information content (AvgIpc) is 2.98. The van der Waals surface area contributed by atoms with Crippen molar-refractivity contribution in [2.24, 2.45) is 4.40 Å². The van der Waals surface area contributed by atoms with Crippen LogP contribution in [0.15, 0.2) is 56.7 Å². The Kier molecular flexibility index (Phi) is 6.41. The normalized spacial score (nSPS) is 12.8. The molecule has 3 aromatic rings. The molecule has 0 saturated heterocycles. The third kappa shape index (κ3) is 4.63. The molecule has 2 aromatic carbocycles. The van der Waals surface area contributed by atoms with Crippen molar-refractivity contribution in [3.63, 3.8) is 0 Å². The van der Waals surface area contributed by atoms with Crippen LogP contribution in [0.4, 0.5) is 0 Å². The van der Waals surface area contributed by atoms with E-state index in [1.165, 1.54) is 11.3 Å². The Bertz CT molecular complexity index is 1100. The molecule has 0 fully saturated rings. The van der Waals surface area contributed by atoms with Gasteiger partial charge in [0, 0.05) is 18.0 Å². The Morgan fingerprint density at radius 1 is 1.19 bits per heavy atom. The van der Waals surface area contributed by atoms with Crippen LogP contribution in [0, 0.1) is 6.92 Å². The number of fused-ring (bicyclic) bond motifs is 1. The molecule has 0 N–H and O–H groups in total. The van der Waals surface area contributed by atoms with Gasteiger partial charge in [0.2, 0.25) is 4.80 Å². The van der Waals surface area contributed by atoms with Crippen molar-refractivity contribution < 1.29 is 13.2 Å². The second kappa shape index (κ2) is 8.60. The molecule has 0 unspecified atom stereocenters. The number of hydrogen-bond donors (Lipinski definition) is 0. The van der Waals surface area contributed by atoms with E-state index in [0.717, 1.165) is 20.7 Å². The maximum atomic E-state index is 12.8. The van der Waals surface area contributed by atoms with Gasteiger partial charge in [-0.25, -0.2) is 0 Å². The molecule has 0 saturated carbocycles. The molecule has 0 atom stereocenters. The molecule has 0 spiro atoms. The smallest absolute Gasteiger partial charge is 0.285 e. The van der Waals surface area contributed by atoms with Crippen LogP contribution in [-0.4, -0.2) is 32.5 Å². The average molecular weight is 423 g/mol. The van der Waals surface area contributed by atoms with E-state index in [1.54, 1.807) is 36.0 Å². The summed E-state index contributed by atoms with van der Waals surface area (Å²) in [5, 5.41) is 0. The Morgan fingerprint density at radius 2 is 1.93 bits per heavy atom. The van der Waals surface area contributed by atoms with Crippen molar-refractivity contribution in [3.8, 4) is 0 Å². The molecule has 0 aliphatic heterocycles. The second-order valence-electron chi connectivity index (χ2n) is 5.95. The Balaban J connectivity index is 2.14. The molecule has 0 aliphatic rings. The van der Waals surface area contributed by atoms with Crippen LogP contribution in [0.3, 0.4) is 0 Å². The van der Waals surface area contributed by atoms with E-state index in [0.29, 0.717) is 24.6 Å². The summed E-state index contributed by atoms with van der Waals surface area (Å²) in [6.45, 7) is 5.53. The summed E-state index contributed by atoms with van der Waals surface area (Å²) in [5.41, 5.74) is 1.97. The number of thioether (sulfide) groups is 1. The number of hydrogen-bond acceptors (Lipinski definition) is 5. The molecule has 3 rings (SSSR count). The van der Waals surface area contributed by atoms with Gasteiger partial charge in [0.05, 0.1) is 21.7 Å². The Morgan fingerprint density at radius 3 is 2.59 bits per heavy atom. The number of nitrogens with zero attached hydrogens (tertiary/aromatic N) is 2. The summed E-state index contributed by atoms with van der Waals surface area (Å²) < 4.78 is 38.1. The molecule has 5 nitrogen and oxygen atoms in total. The van der Waals surface area contributed by atoms with Crippen molar-refractivity contribution in [2.75, 3.05) is 19.5 Å². The maximum absolute atomic E-state index is 12.8. The molecule has 144 valence electrons. The van der Waals surface area contributed by atoms with Crippen molar-refractivity contribution in [1.29, 1.82) is 0 Å². The number of thiazole rings is 1. The first kappa shape index (κ1) is 20.1. The number of sulfonamides is 1. The highest BCUT2D eigenvalue weighted by Crippen LogP contribution is 2.24. The molecule has 1 aromatic heterocycles. The standard InChI is InChI=1S/C19H22N2O3S3/c1-4-24-12-11-21-17-10-7-15(25-3)13-18(17)26-19(21)20-27(22,23)16-8-5-14(2)6-9-16/h5-10,13H,4,11-12H2,1-3H3. The van der Waals surface area contributed by atoms with Crippen LogP contribution < -0.4 is 4.80 Å². The summed E-state index contributed by atoms with van der Waals surface area (Å²) in [7, 11) is -3.78. The minimum absolute atomic E-state index is 0.201. The van der Waals surface area contributed by atoms with Gasteiger partial charge < -0.3 is 9.30 Å². The summed E-state index contributed by atoms with van der Waals surface area (Å²) >= 11 is 3.04. The lowest BCUT2D eigenvalue weighted by Crippen LogP contribution is -2.19. The number of rotatable bonds is 7. The van der Waals surface area contributed by atoms with E-state index >= 15 is 0 Å². The molecule has 27 heavy (non-hydrogen) atoms. The van der Waals surface area contributed by atoms with Crippen LogP contribution in [-0.2, 0) is 21.3 Å². The molecular weight excluding hydrogens is 400 g/mol. The van der Waals surface area contributed by atoms with E-state index in [2.05, 4.69) is 10.5 Å². The highest BCUT2D eigenvalue weighted by atomic mass is 32.2. The van der Waals surface area contributed by atoms with Crippen LogP contribution >= 0.6 is 23.1 Å². The summed E-state index contributed by atoms with van der Waals surface area (Å²) in [5.74, 6) is 0. The Labute approximate surface area is 167 Å². The summed E-state index contributed by atoms with van der Waals surface area (Å²) in [4.78, 5) is 1.80. The SMILES string of the molecule is CCOCCn1c(=NS(=O)(=O)c2ccc(C)cc2)sc2cc(SC)ccc21. The Hall–Kier alpha value is -1.61. The second-order valence-corrected chi connectivity index (χ2v) is 9.44. The van der Waals surface area contributed by atoms with Crippen LogP contribution in [0.1, 0.15) is 12.5 Å². The molecule has 0 bridgehead atoms. The lowest BCUT2D eigenvalue weighted by atomic mass is 10.2. The minimum Gasteiger partial charge on any atom is -0.380 e. The lowest BCUT2D eigenvalue weighted by Gasteiger charge is -2.06. The lowest BCUT2D eigenvalue weighted by molar-refractivity contribution is 0.139. The first-order valence-corrected chi connectivity index (χ1v) is 12.1. The van der Waals surface area contributed by atoms with Gasteiger partial charge in [-0.05, 0) is 50.4 Å². The molecular formula is C19H22N2O3S3. The maximum Gasteiger partial charge on any atom is 0.285 e. The van der Waals surface area contributed by atoms with Gasteiger partial charge in [-0.15, -0.1) is 16.2 Å². The molecule has 0 radical (unpaired) electrons. The predicted octanol–water partition coefficient (Wildman–Crippen LogP) is 4.06. The van der Waals surface area contributed by atoms with Crippen molar-refractivity contribution in [1.82, 2.24) is 4.57 Å².